The highest BCUT2D eigenvalue weighted by molar-refractivity contribution is 6.02. The maximum atomic E-state index is 5.26. The van der Waals surface area contributed by atoms with Gasteiger partial charge in [0.1, 0.15) is 0 Å². The Hall–Kier alpha value is -7.96. The van der Waals surface area contributed by atoms with Gasteiger partial charge in [-0.2, -0.15) is 0 Å². The van der Waals surface area contributed by atoms with Gasteiger partial charge in [0.15, 0.2) is 5.82 Å². The molecular weight excluding hydrogens is 721 g/mol. The molecule has 0 amide bonds. The Morgan fingerprint density at radius 2 is 0.576 bits per heavy atom. The second-order valence-electron chi connectivity index (χ2n) is 14.7. The summed E-state index contributed by atoms with van der Waals surface area (Å²) in [6.07, 6.45) is 0. The van der Waals surface area contributed by atoms with Gasteiger partial charge in [0.05, 0.1) is 34.1 Å². The Balaban J connectivity index is 1.21. The molecule has 0 aliphatic carbocycles. The number of para-hydroxylation sites is 7. The van der Waals surface area contributed by atoms with Crippen molar-refractivity contribution < 1.29 is 0 Å². The van der Waals surface area contributed by atoms with Gasteiger partial charge >= 0.3 is 0 Å². The van der Waals surface area contributed by atoms with Crippen molar-refractivity contribution in [2.45, 2.75) is 5.91 Å². The van der Waals surface area contributed by atoms with Crippen LogP contribution in [0.15, 0.2) is 231 Å². The fourth-order valence-corrected chi connectivity index (χ4v) is 8.79. The molecule has 11 rings (SSSR count). The first kappa shape index (κ1) is 34.3. The third kappa shape index (κ3) is 5.57. The largest absolute Gasteiger partial charge is 0.295 e. The average molecular weight is 759 g/mol. The van der Waals surface area contributed by atoms with Crippen molar-refractivity contribution in [2.24, 2.45) is 0 Å². The second kappa shape index (κ2) is 14.2. The van der Waals surface area contributed by atoms with Crippen LogP contribution >= 0.6 is 0 Å². The molecule has 3 heterocycles. The number of fused-ring (bicyclic) bond motifs is 2. The Morgan fingerprint density at radius 1 is 0.271 bits per heavy atom. The summed E-state index contributed by atoms with van der Waals surface area (Å²) < 4.78 is 0. The van der Waals surface area contributed by atoms with E-state index in [-0.39, 0.29) is 0 Å². The predicted molar refractivity (Wildman–Crippen MR) is 242 cm³/mol. The van der Waals surface area contributed by atoms with Gasteiger partial charge in [0.2, 0.25) is 0 Å². The van der Waals surface area contributed by atoms with Crippen LogP contribution < -0.4 is 19.6 Å². The van der Waals surface area contributed by atoms with E-state index in [1.807, 2.05) is 12.1 Å². The minimum atomic E-state index is -1.04. The van der Waals surface area contributed by atoms with E-state index in [4.69, 9.17) is 9.97 Å². The lowest BCUT2D eigenvalue weighted by Crippen LogP contribution is -2.70. The van der Waals surface area contributed by atoms with E-state index in [9.17, 15) is 0 Å². The monoisotopic (exact) mass is 758 g/mol. The molecular formula is C53H38N6. The average Bonchev–Trinajstić information content (AvgIpc) is 3.78. The zero-order chi connectivity index (χ0) is 39.2. The van der Waals surface area contributed by atoms with Gasteiger partial charge in [-0.05, 0) is 78.9 Å². The summed E-state index contributed by atoms with van der Waals surface area (Å²) in [6.45, 7) is 0. The van der Waals surface area contributed by atoms with Crippen LogP contribution in [0.1, 0.15) is 0 Å². The molecule has 0 fully saturated rings. The summed E-state index contributed by atoms with van der Waals surface area (Å²) in [5, 5.41) is 0. The molecule has 0 unspecified atom stereocenters. The molecule has 280 valence electrons. The third-order valence-electron chi connectivity index (χ3n) is 11.2. The molecule has 9 aromatic rings. The van der Waals surface area contributed by atoms with E-state index in [0.29, 0.717) is 5.82 Å². The van der Waals surface area contributed by atoms with Crippen molar-refractivity contribution in [3.63, 3.8) is 0 Å². The smallest absolute Gasteiger partial charge is 0.280 e. The minimum absolute atomic E-state index is 0.656. The molecule has 0 saturated heterocycles. The van der Waals surface area contributed by atoms with Crippen molar-refractivity contribution in [3.8, 4) is 33.9 Å². The van der Waals surface area contributed by atoms with Crippen LogP contribution in [0.25, 0.3) is 33.9 Å². The van der Waals surface area contributed by atoms with E-state index in [1.165, 1.54) is 0 Å². The highest BCUT2D eigenvalue weighted by Crippen LogP contribution is 2.64. The van der Waals surface area contributed by atoms with E-state index in [2.05, 4.69) is 238 Å². The summed E-state index contributed by atoms with van der Waals surface area (Å²) in [6, 6.07) is 81.3. The lowest BCUT2D eigenvalue weighted by Gasteiger charge is -2.53. The van der Waals surface area contributed by atoms with Gasteiger partial charge in [-0.15, -0.1) is 0 Å². The molecule has 59 heavy (non-hydrogen) atoms. The van der Waals surface area contributed by atoms with Gasteiger partial charge in [0, 0.05) is 39.4 Å². The number of aromatic nitrogens is 2. The molecule has 6 nitrogen and oxygen atoms in total. The number of anilines is 8. The van der Waals surface area contributed by atoms with Crippen LogP contribution in [0.5, 0.6) is 0 Å². The normalized spacial score (nSPS) is 13.8. The molecule has 1 spiro atoms. The topological polar surface area (TPSA) is 38.7 Å². The highest BCUT2D eigenvalue weighted by Gasteiger charge is 2.64. The summed E-state index contributed by atoms with van der Waals surface area (Å²) in [7, 11) is 0. The fraction of sp³-hybridized carbons (Fsp3) is 0.0189. The number of benzene rings is 8. The quantitative estimate of drug-likeness (QED) is 0.161. The number of nitrogens with zero attached hydrogens (tertiary/aromatic N) is 6. The maximum Gasteiger partial charge on any atom is 0.295 e. The molecule has 0 atom stereocenters. The van der Waals surface area contributed by atoms with Gasteiger partial charge in [0.25, 0.3) is 5.91 Å². The number of rotatable bonds is 7. The predicted octanol–water partition coefficient (Wildman–Crippen LogP) is 13.4. The summed E-state index contributed by atoms with van der Waals surface area (Å²) in [5.41, 5.74) is 13.2. The summed E-state index contributed by atoms with van der Waals surface area (Å²) >= 11 is 0. The molecule has 0 radical (unpaired) electrons. The molecule has 6 heteroatoms. The van der Waals surface area contributed by atoms with Crippen LogP contribution in [-0.4, -0.2) is 15.9 Å². The first-order valence-electron chi connectivity index (χ1n) is 19.9. The lowest BCUT2D eigenvalue weighted by molar-refractivity contribution is 0.479. The molecule has 2 aliphatic heterocycles. The Morgan fingerprint density at radius 3 is 0.966 bits per heavy atom. The molecule has 0 bridgehead atoms. The van der Waals surface area contributed by atoms with Crippen molar-refractivity contribution in [1.82, 2.24) is 9.97 Å². The zero-order valence-corrected chi connectivity index (χ0v) is 32.1. The highest BCUT2D eigenvalue weighted by atomic mass is 15.8. The Labute approximate surface area is 344 Å². The zero-order valence-electron chi connectivity index (χ0n) is 32.1. The first-order chi connectivity index (χ1) is 29.3. The summed E-state index contributed by atoms with van der Waals surface area (Å²) in [4.78, 5) is 20.5. The standard InChI is InChI=1S/C53H38N6/c1-6-21-39(22-7-1)46-38-47(40-23-8-2-9-24-40)55-52(54-46)41-25-20-32-45(37-41)59-51-36-19-18-35-50(51)58(44-30-14-5-15-31-44)53(59)56(42-26-10-3-11-27-42)48-33-16-17-34-49(48)57(53)43-28-12-4-13-29-43/h1-38H. The van der Waals surface area contributed by atoms with E-state index in [0.717, 1.165) is 73.6 Å². The molecule has 2 aliphatic rings. The minimum Gasteiger partial charge on any atom is -0.280 e. The Bertz CT molecular complexity index is 2720. The third-order valence-corrected chi connectivity index (χ3v) is 11.2. The number of hydrogen-bond acceptors (Lipinski definition) is 6. The van der Waals surface area contributed by atoms with Crippen LogP contribution in [0.2, 0.25) is 0 Å². The van der Waals surface area contributed by atoms with Crippen LogP contribution in [0.4, 0.5) is 45.5 Å². The van der Waals surface area contributed by atoms with Crippen molar-refractivity contribution in [3.05, 3.63) is 231 Å². The number of hydrogen-bond donors (Lipinski definition) is 0. The van der Waals surface area contributed by atoms with Gasteiger partial charge in [-0.3, -0.25) is 19.6 Å². The van der Waals surface area contributed by atoms with Crippen molar-refractivity contribution >= 4 is 45.5 Å². The Kier molecular flexibility index (Phi) is 8.26. The fourth-order valence-electron chi connectivity index (χ4n) is 8.79. The second-order valence-corrected chi connectivity index (χ2v) is 14.7. The van der Waals surface area contributed by atoms with Crippen molar-refractivity contribution in [1.29, 1.82) is 0 Å². The van der Waals surface area contributed by atoms with E-state index in [1.54, 1.807) is 0 Å². The molecule has 8 aromatic carbocycles. The van der Waals surface area contributed by atoms with E-state index >= 15 is 0 Å². The van der Waals surface area contributed by atoms with Gasteiger partial charge < -0.3 is 0 Å². The van der Waals surface area contributed by atoms with Crippen LogP contribution in [0, 0.1) is 0 Å². The van der Waals surface area contributed by atoms with Gasteiger partial charge in [-0.25, -0.2) is 9.97 Å². The molecule has 0 N–H and O–H groups in total. The SMILES string of the molecule is c1ccc(-c2cc(-c3ccccc3)nc(-c3cccc(N4c5ccccc5N(c5ccccc5)C45N(c4ccccc4)c4ccccc4N5c4ccccc4)c3)n2)cc1. The van der Waals surface area contributed by atoms with E-state index < -0.39 is 5.91 Å². The maximum absolute atomic E-state index is 5.26. The molecule has 1 aromatic heterocycles. The van der Waals surface area contributed by atoms with Crippen LogP contribution in [0.3, 0.4) is 0 Å². The van der Waals surface area contributed by atoms with Gasteiger partial charge in [-0.1, -0.05) is 152 Å². The van der Waals surface area contributed by atoms with Crippen molar-refractivity contribution in [2.75, 3.05) is 19.6 Å². The lowest BCUT2D eigenvalue weighted by atomic mass is 10.1. The van der Waals surface area contributed by atoms with Crippen LogP contribution in [-0.2, 0) is 0 Å². The first-order valence-corrected chi connectivity index (χ1v) is 19.9. The molecule has 0 saturated carbocycles. The summed E-state index contributed by atoms with van der Waals surface area (Å²) in [5.74, 6) is -0.388.